The van der Waals surface area contributed by atoms with E-state index in [0.717, 1.165) is 42.6 Å². The van der Waals surface area contributed by atoms with E-state index in [2.05, 4.69) is 18.7 Å². The Balaban J connectivity index is 2.07. The van der Waals surface area contributed by atoms with Crippen LogP contribution in [0.15, 0.2) is 24.3 Å². The number of carboxylic acids is 1. The highest BCUT2D eigenvalue weighted by molar-refractivity contribution is 5.70. The Morgan fingerprint density at radius 3 is 2.33 bits per heavy atom. The number of hydrogen-bond acceptors (Lipinski definition) is 2. The molecule has 0 saturated carbocycles. The second kappa shape index (κ2) is 5.53. The van der Waals surface area contributed by atoms with Crippen molar-refractivity contribution >= 4 is 5.97 Å². The summed E-state index contributed by atoms with van der Waals surface area (Å²) in [6.45, 7) is 7.67. The number of benzene rings is 1. The van der Waals surface area contributed by atoms with Crippen LogP contribution in [-0.4, -0.2) is 29.1 Å². The van der Waals surface area contributed by atoms with E-state index in [1.807, 2.05) is 24.3 Å². The van der Waals surface area contributed by atoms with Crippen LogP contribution < -0.4 is 0 Å². The molecular weight excluding hydrogens is 226 g/mol. The van der Waals surface area contributed by atoms with E-state index in [1.165, 1.54) is 0 Å². The van der Waals surface area contributed by atoms with Gasteiger partial charge in [-0.05, 0) is 23.0 Å². The average Bonchev–Trinajstić information content (AvgIpc) is 2.60. The molecule has 3 nitrogen and oxygen atoms in total. The molecular formula is C15H21NO2. The Kier molecular flexibility index (Phi) is 4.02. The van der Waals surface area contributed by atoms with Crippen LogP contribution in [0.3, 0.4) is 0 Å². The van der Waals surface area contributed by atoms with Crippen LogP contribution in [0.1, 0.15) is 25.0 Å². The molecule has 0 aromatic heterocycles. The molecule has 0 radical (unpaired) electrons. The van der Waals surface area contributed by atoms with E-state index in [0.29, 0.717) is 0 Å². The molecule has 1 saturated heterocycles. The van der Waals surface area contributed by atoms with Crippen molar-refractivity contribution in [3.63, 3.8) is 0 Å². The van der Waals surface area contributed by atoms with E-state index in [4.69, 9.17) is 5.11 Å². The molecule has 0 spiro atoms. The van der Waals surface area contributed by atoms with Crippen molar-refractivity contribution in [1.29, 1.82) is 0 Å². The van der Waals surface area contributed by atoms with Gasteiger partial charge in [0, 0.05) is 19.6 Å². The number of likely N-dealkylation sites (tertiary alicyclic amines) is 1. The third kappa shape index (κ3) is 3.10. The van der Waals surface area contributed by atoms with Crippen LogP contribution in [0, 0.1) is 11.8 Å². The lowest BCUT2D eigenvalue weighted by Gasteiger charge is -2.17. The molecule has 1 heterocycles. The van der Waals surface area contributed by atoms with Gasteiger partial charge >= 0.3 is 5.97 Å². The molecule has 2 rings (SSSR count). The summed E-state index contributed by atoms with van der Waals surface area (Å²) in [6, 6.07) is 7.87. The highest BCUT2D eigenvalue weighted by atomic mass is 16.4. The number of carbonyl (C=O) groups is 1. The first kappa shape index (κ1) is 13.1. The van der Waals surface area contributed by atoms with Gasteiger partial charge in [0.15, 0.2) is 0 Å². The topological polar surface area (TPSA) is 40.5 Å². The SMILES string of the molecule is CC1CN(Cc2ccccc2CC(=O)O)CC1C. The van der Waals surface area contributed by atoms with Gasteiger partial charge in [-0.2, -0.15) is 0 Å². The Bertz CT molecular complexity index is 420. The Morgan fingerprint density at radius 2 is 1.78 bits per heavy atom. The molecule has 18 heavy (non-hydrogen) atoms. The fourth-order valence-electron chi connectivity index (χ4n) is 2.67. The van der Waals surface area contributed by atoms with Gasteiger partial charge in [0.1, 0.15) is 0 Å². The van der Waals surface area contributed by atoms with Crippen LogP contribution >= 0.6 is 0 Å². The summed E-state index contributed by atoms with van der Waals surface area (Å²) in [5, 5.41) is 8.92. The molecule has 1 aromatic carbocycles. The Morgan fingerprint density at radius 1 is 1.22 bits per heavy atom. The van der Waals surface area contributed by atoms with Gasteiger partial charge in [0.25, 0.3) is 0 Å². The van der Waals surface area contributed by atoms with Crippen molar-refractivity contribution in [2.75, 3.05) is 13.1 Å². The predicted octanol–water partition coefficient (Wildman–Crippen LogP) is 2.40. The van der Waals surface area contributed by atoms with Gasteiger partial charge < -0.3 is 5.11 Å². The molecule has 0 bridgehead atoms. The monoisotopic (exact) mass is 247 g/mol. The maximum absolute atomic E-state index is 10.8. The zero-order valence-corrected chi connectivity index (χ0v) is 11.1. The van der Waals surface area contributed by atoms with E-state index in [9.17, 15) is 4.79 Å². The lowest BCUT2D eigenvalue weighted by molar-refractivity contribution is -0.136. The van der Waals surface area contributed by atoms with E-state index in [-0.39, 0.29) is 6.42 Å². The lowest BCUT2D eigenvalue weighted by atomic mass is 10.0. The van der Waals surface area contributed by atoms with E-state index in [1.54, 1.807) is 0 Å². The summed E-state index contributed by atoms with van der Waals surface area (Å²) in [5.41, 5.74) is 2.10. The smallest absolute Gasteiger partial charge is 0.307 e. The maximum atomic E-state index is 10.8. The van der Waals surface area contributed by atoms with Crippen molar-refractivity contribution in [1.82, 2.24) is 4.90 Å². The summed E-state index contributed by atoms with van der Waals surface area (Å²) >= 11 is 0. The predicted molar refractivity (Wildman–Crippen MR) is 71.4 cm³/mol. The maximum Gasteiger partial charge on any atom is 0.307 e. The first-order valence-electron chi connectivity index (χ1n) is 6.57. The number of hydrogen-bond donors (Lipinski definition) is 1. The number of rotatable bonds is 4. The summed E-state index contributed by atoms with van der Waals surface area (Å²) in [7, 11) is 0. The first-order chi connectivity index (χ1) is 8.56. The second-order valence-electron chi connectivity index (χ2n) is 5.49. The molecule has 2 unspecified atom stereocenters. The molecule has 1 fully saturated rings. The molecule has 2 atom stereocenters. The fraction of sp³-hybridized carbons (Fsp3) is 0.533. The number of aliphatic carboxylic acids is 1. The minimum Gasteiger partial charge on any atom is -0.481 e. The number of nitrogens with zero attached hydrogens (tertiary/aromatic N) is 1. The summed E-state index contributed by atoms with van der Waals surface area (Å²) in [5.74, 6) is 0.707. The van der Waals surface area contributed by atoms with Crippen molar-refractivity contribution in [2.45, 2.75) is 26.8 Å². The summed E-state index contributed by atoms with van der Waals surface area (Å²) < 4.78 is 0. The van der Waals surface area contributed by atoms with Gasteiger partial charge in [-0.25, -0.2) is 0 Å². The quantitative estimate of drug-likeness (QED) is 0.888. The molecule has 1 aliphatic heterocycles. The zero-order valence-electron chi connectivity index (χ0n) is 11.1. The van der Waals surface area contributed by atoms with Crippen molar-refractivity contribution in [3.05, 3.63) is 35.4 Å². The molecule has 98 valence electrons. The van der Waals surface area contributed by atoms with E-state index >= 15 is 0 Å². The summed E-state index contributed by atoms with van der Waals surface area (Å²) in [4.78, 5) is 13.3. The Labute approximate surface area is 108 Å². The van der Waals surface area contributed by atoms with Crippen LogP contribution in [0.25, 0.3) is 0 Å². The minimum absolute atomic E-state index is 0.120. The van der Waals surface area contributed by atoms with Gasteiger partial charge in [0.05, 0.1) is 6.42 Å². The second-order valence-corrected chi connectivity index (χ2v) is 5.49. The van der Waals surface area contributed by atoms with Crippen molar-refractivity contribution in [3.8, 4) is 0 Å². The van der Waals surface area contributed by atoms with Crippen LogP contribution in [0.4, 0.5) is 0 Å². The highest BCUT2D eigenvalue weighted by Crippen LogP contribution is 2.24. The van der Waals surface area contributed by atoms with Crippen LogP contribution in [0.2, 0.25) is 0 Å². The number of carboxylic acid groups (broad SMARTS) is 1. The van der Waals surface area contributed by atoms with Crippen LogP contribution in [0.5, 0.6) is 0 Å². The third-order valence-corrected chi connectivity index (χ3v) is 3.92. The van der Waals surface area contributed by atoms with Gasteiger partial charge in [0.2, 0.25) is 0 Å². The summed E-state index contributed by atoms with van der Waals surface area (Å²) in [6.07, 6.45) is 0.120. The van der Waals surface area contributed by atoms with Gasteiger partial charge in [-0.3, -0.25) is 9.69 Å². The van der Waals surface area contributed by atoms with Gasteiger partial charge in [-0.1, -0.05) is 38.1 Å². The standard InChI is InChI=1S/C15H21NO2/c1-11-8-16(9-12(11)2)10-14-6-4-3-5-13(14)7-15(17)18/h3-6,11-12H,7-10H2,1-2H3,(H,17,18). The minimum atomic E-state index is -0.759. The Hall–Kier alpha value is -1.35. The third-order valence-electron chi connectivity index (χ3n) is 3.92. The van der Waals surface area contributed by atoms with Gasteiger partial charge in [-0.15, -0.1) is 0 Å². The lowest BCUT2D eigenvalue weighted by Crippen LogP contribution is -2.21. The molecule has 0 amide bonds. The average molecular weight is 247 g/mol. The highest BCUT2D eigenvalue weighted by Gasteiger charge is 2.26. The molecule has 1 N–H and O–H groups in total. The molecule has 0 aliphatic carbocycles. The first-order valence-corrected chi connectivity index (χ1v) is 6.57. The fourth-order valence-corrected chi connectivity index (χ4v) is 2.67. The van der Waals surface area contributed by atoms with Crippen LogP contribution in [-0.2, 0) is 17.8 Å². The van der Waals surface area contributed by atoms with E-state index < -0.39 is 5.97 Å². The molecule has 1 aromatic rings. The largest absolute Gasteiger partial charge is 0.481 e. The van der Waals surface area contributed by atoms with Crippen molar-refractivity contribution in [2.24, 2.45) is 11.8 Å². The normalized spacial score (nSPS) is 24.3. The van der Waals surface area contributed by atoms with Crippen molar-refractivity contribution < 1.29 is 9.90 Å². The molecule has 1 aliphatic rings. The molecule has 3 heteroatoms. The zero-order chi connectivity index (χ0) is 13.1.